The van der Waals surface area contributed by atoms with Gasteiger partial charge in [0.1, 0.15) is 0 Å². The van der Waals surface area contributed by atoms with Crippen molar-refractivity contribution in [2.24, 2.45) is 11.3 Å². The summed E-state index contributed by atoms with van der Waals surface area (Å²) < 4.78 is 5.69. The molecule has 1 N–H and O–H groups in total. The minimum Gasteiger partial charge on any atom is -0.377 e. The lowest BCUT2D eigenvalue weighted by Crippen LogP contribution is -2.42. The van der Waals surface area contributed by atoms with E-state index in [9.17, 15) is 0 Å². The van der Waals surface area contributed by atoms with Gasteiger partial charge in [-0.15, -0.1) is 0 Å². The molecule has 108 valence electrons. The number of hydrogen-bond acceptors (Lipinski definition) is 3. The van der Waals surface area contributed by atoms with Crippen molar-refractivity contribution in [3.05, 3.63) is 0 Å². The van der Waals surface area contributed by atoms with Crippen molar-refractivity contribution in [3.8, 4) is 0 Å². The zero-order valence-electron chi connectivity index (χ0n) is 13.0. The molecule has 3 heteroatoms. The van der Waals surface area contributed by atoms with Crippen molar-refractivity contribution in [1.29, 1.82) is 0 Å². The molecule has 0 radical (unpaired) electrons. The van der Waals surface area contributed by atoms with E-state index < -0.39 is 0 Å². The van der Waals surface area contributed by atoms with Crippen LogP contribution in [0.1, 0.15) is 40.5 Å². The van der Waals surface area contributed by atoms with Crippen molar-refractivity contribution in [3.63, 3.8) is 0 Å². The molecule has 1 aliphatic rings. The first-order chi connectivity index (χ1) is 8.39. The number of hydrogen-bond donors (Lipinski definition) is 1. The molecule has 0 aromatic rings. The van der Waals surface area contributed by atoms with E-state index >= 15 is 0 Å². The lowest BCUT2D eigenvalue weighted by Gasteiger charge is -2.32. The highest BCUT2D eigenvalue weighted by atomic mass is 16.5. The van der Waals surface area contributed by atoms with E-state index in [0.717, 1.165) is 38.7 Å². The summed E-state index contributed by atoms with van der Waals surface area (Å²) in [6.45, 7) is 14.5. The normalized spacial score (nSPS) is 21.2. The summed E-state index contributed by atoms with van der Waals surface area (Å²) in [4.78, 5) is 2.42. The van der Waals surface area contributed by atoms with Crippen LogP contribution in [0.4, 0.5) is 0 Å². The molecule has 0 saturated carbocycles. The van der Waals surface area contributed by atoms with E-state index in [2.05, 4.69) is 45.0 Å². The van der Waals surface area contributed by atoms with E-state index in [1.54, 1.807) is 0 Å². The van der Waals surface area contributed by atoms with E-state index in [4.69, 9.17) is 4.74 Å². The summed E-state index contributed by atoms with van der Waals surface area (Å²) >= 11 is 0. The Morgan fingerprint density at radius 3 is 2.67 bits per heavy atom. The second-order valence-electron chi connectivity index (χ2n) is 7.02. The highest BCUT2D eigenvalue weighted by molar-refractivity contribution is 4.77. The van der Waals surface area contributed by atoms with Crippen molar-refractivity contribution < 1.29 is 4.74 Å². The second kappa shape index (κ2) is 7.46. The van der Waals surface area contributed by atoms with Gasteiger partial charge in [0.25, 0.3) is 0 Å². The fraction of sp³-hybridized carbons (Fsp3) is 1.00. The maximum Gasteiger partial charge on any atom is 0.0702 e. The van der Waals surface area contributed by atoms with Crippen LogP contribution in [-0.4, -0.2) is 50.8 Å². The molecule has 0 aliphatic carbocycles. The van der Waals surface area contributed by atoms with Crippen molar-refractivity contribution >= 4 is 0 Å². The minimum absolute atomic E-state index is 0.322. The Labute approximate surface area is 113 Å². The summed E-state index contributed by atoms with van der Waals surface area (Å²) in [7, 11) is 2.21. The van der Waals surface area contributed by atoms with Crippen LogP contribution in [0.25, 0.3) is 0 Å². The van der Waals surface area contributed by atoms with Gasteiger partial charge in [-0.05, 0) is 37.8 Å². The predicted molar refractivity (Wildman–Crippen MR) is 78.0 cm³/mol. The van der Waals surface area contributed by atoms with Crippen LogP contribution in [0, 0.1) is 11.3 Å². The van der Waals surface area contributed by atoms with E-state index in [0.29, 0.717) is 11.5 Å². The zero-order chi connectivity index (χ0) is 13.6. The van der Waals surface area contributed by atoms with Gasteiger partial charge in [-0.3, -0.25) is 0 Å². The first kappa shape index (κ1) is 15.9. The molecule has 18 heavy (non-hydrogen) atoms. The van der Waals surface area contributed by atoms with Gasteiger partial charge in [-0.1, -0.05) is 27.7 Å². The fourth-order valence-corrected chi connectivity index (χ4v) is 2.69. The smallest absolute Gasteiger partial charge is 0.0702 e. The molecule has 3 nitrogen and oxygen atoms in total. The molecule has 1 saturated heterocycles. The number of nitrogens with one attached hydrogen (secondary N) is 1. The van der Waals surface area contributed by atoms with Gasteiger partial charge >= 0.3 is 0 Å². The van der Waals surface area contributed by atoms with Crippen molar-refractivity contribution in [2.45, 2.75) is 46.6 Å². The maximum absolute atomic E-state index is 5.69. The number of likely N-dealkylation sites (N-methyl/N-ethyl adjacent to an activating group) is 1. The third-order valence-corrected chi connectivity index (χ3v) is 3.39. The molecule has 1 rings (SSSR count). The highest BCUT2D eigenvalue weighted by Gasteiger charge is 2.23. The molecule has 0 bridgehead atoms. The van der Waals surface area contributed by atoms with Crippen LogP contribution in [0.15, 0.2) is 0 Å². The molecule has 0 spiro atoms. The monoisotopic (exact) mass is 256 g/mol. The zero-order valence-corrected chi connectivity index (χ0v) is 13.0. The van der Waals surface area contributed by atoms with Gasteiger partial charge in [0, 0.05) is 26.2 Å². The summed E-state index contributed by atoms with van der Waals surface area (Å²) in [6.07, 6.45) is 2.93. The second-order valence-corrected chi connectivity index (χ2v) is 7.02. The summed E-state index contributed by atoms with van der Waals surface area (Å²) in [5, 5.41) is 3.57. The fourth-order valence-electron chi connectivity index (χ4n) is 2.69. The van der Waals surface area contributed by atoms with E-state index in [1.807, 2.05) is 0 Å². The maximum atomic E-state index is 5.69. The van der Waals surface area contributed by atoms with Gasteiger partial charge in [0.15, 0.2) is 0 Å². The van der Waals surface area contributed by atoms with Crippen LogP contribution < -0.4 is 5.32 Å². The minimum atomic E-state index is 0.322. The highest BCUT2D eigenvalue weighted by Crippen LogP contribution is 2.18. The Kier molecular flexibility index (Phi) is 6.61. The Morgan fingerprint density at radius 1 is 1.39 bits per heavy atom. The van der Waals surface area contributed by atoms with Crippen LogP contribution in [0.3, 0.4) is 0 Å². The first-order valence-corrected chi connectivity index (χ1v) is 7.40. The molecule has 1 fully saturated rings. The quantitative estimate of drug-likeness (QED) is 0.721. The summed E-state index contributed by atoms with van der Waals surface area (Å²) in [5.74, 6) is 0.727. The number of ether oxygens (including phenoxy) is 1. The molecule has 1 heterocycles. The largest absolute Gasteiger partial charge is 0.377 e. The van der Waals surface area contributed by atoms with Crippen LogP contribution in [0.5, 0.6) is 0 Å². The molecule has 0 aromatic carbocycles. The molecular weight excluding hydrogens is 224 g/mol. The van der Waals surface area contributed by atoms with Gasteiger partial charge in [-0.2, -0.15) is 0 Å². The molecule has 1 atom stereocenters. The lowest BCUT2D eigenvalue weighted by molar-refractivity contribution is 0.0694. The number of rotatable bonds is 8. The Hall–Kier alpha value is -0.120. The standard InChI is InChI=1S/C15H32N2O/c1-13(2)9-16-11-15(3,4)12-17(5)10-14-7-6-8-18-14/h13-14,16H,6-12H2,1-5H3. The Balaban J connectivity index is 2.20. The average Bonchev–Trinajstić information content (AvgIpc) is 2.67. The molecule has 0 aromatic heterocycles. The molecule has 1 aliphatic heterocycles. The van der Waals surface area contributed by atoms with E-state index in [1.165, 1.54) is 12.8 Å². The third kappa shape index (κ3) is 6.72. The molecule has 1 unspecified atom stereocenters. The average molecular weight is 256 g/mol. The first-order valence-electron chi connectivity index (χ1n) is 7.40. The van der Waals surface area contributed by atoms with Gasteiger partial charge in [-0.25, -0.2) is 0 Å². The molecule has 0 amide bonds. The van der Waals surface area contributed by atoms with Crippen LogP contribution >= 0.6 is 0 Å². The Bertz CT molecular complexity index is 223. The SMILES string of the molecule is CC(C)CNCC(C)(C)CN(C)CC1CCCO1. The van der Waals surface area contributed by atoms with Gasteiger partial charge in [0.2, 0.25) is 0 Å². The summed E-state index contributed by atoms with van der Waals surface area (Å²) in [6, 6.07) is 0. The number of nitrogens with zero attached hydrogens (tertiary/aromatic N) is 1. The van der Waals surface area contributed by atoms with Crippen molar-refractivity contribution in [2.75, 3.05) is 39.8 Å². The topological polar surface area (TPSA) is 24.5 Å². The van der Waals surface area contributed by atoms with E-state index in [-0.39, 0.29) is 0 Å². The van der Waals surface area contributed by atoms with Gasteiger partial charge in [0.05, 0.1) is 6.10 Å². The lowest BCUT2D eigenvalue weighted by atomic mass is 9.92. The van der Waals surface area contributed by atoms with Crippen LogP contribution in [0.2, 0.25) is 0 Å². The van der Waals surface area contributed by atoms with Crippen LogP contribution in [-0.2, 0) is 4.74 Å². The summed E-state index contributed by atoms with van der Waals surface area (Å²) in [5.41, 5.74) is 0.322. The molecular formula is C15H32N2O. The van der Waals surface area contributed by atoms with Crippen molar-refractivity contribution in [1.82, 2.24) is 10.2 Å². The Morgan fingerprint density at radius 2 is 2.11 bits per heavy atom. The van der Waals surface area contributed by atoms with Gasteiger partial charge < -0.3 is 15.0 Å². The predicted octanol–water partition coefficient (Wildman–Crippen LogP) is 2.37. The third-order valence-electron chi connectivity index (χ3n) is 3.39.